The minimum atomic E-state index is 0.206. The van der Waals surface area contributed by atoms with Gasteiger partial charge in [-0.3, -0.25) is 4.57 Å². The Morgan fingerprint density at radius 3 is 2.67 bits per heavy atom. The van der Waals surface area contributed by atoms with E-state index in [1.54, 1.807) is 23.3 Å². The fourth-order valence-corrected chi connectivity index (χ4v) is 1.27. The summed E-state index contributed by atoms with van der Waals surface area (Å²) in [6.07, 6.45) is 5.04. The second-order valence-electron chi connectivity index (χ2n) is 3.39. The lowest BCUT2D eigenvalue weighted by Crippen LogP contribution is -2.06. The van der Waals surface area contributed by atoms with Gasteiger partial charge >= 0.3 is 0 Å². The number of hydrogen-bond donors (Lipinski definition) is 0. The summed E-state index contributed by atoms with van der Waals surface area (Å²) in [5, 5.41) is 0.206. The minimum absolute atomic E-state index is 0.206. The van der Waals surface area contributed by atoms with Crippen LogP contribution in [0, 0.1) is 0 Å². The maximum absolute atomic E-state index is 5.82. The van der Waals surface area contributed by atoms with Crippen LogP contribution in [0.5, 0.6) is 0 Å². The molecule has 0 aliphatic rings. The number of rotatable bonds is 2. The molecule has 0 saturated carbocycles. The highest BCUT2D eigenvalue weighted by Gasteiger charge is 2.09. The number of nitrogens with zero attached hydrogens (tertiary/aromatic N) is 5. The van der Waals surface area contributed by atoms with Crippen LogP contribution in [-0.4, -0.2) is 24.5 Å². The molecule has 6 heteroatoms. The van der Waals surface area contributed by atoms with Crippen LogP contribution in [0.1, 0.15) is 25.6 Å². The number of imidazole rings is 1. The first-order valence-electron chi connectivity index (χ1n) is 4.56. The Morgan fingerprint density at radius 2 is 2.07 bits per heavy atom. The maximum Gasteiger partial charge on any atom is 0.239 e. The van der Waals surface area contributed by atoms with E-state index in [2.05, 4.69) is 19.9 Å². The van der Waals surface area contributed by atoms with Crippen molar-refractivity contribution in [2.24, 2.45) is 0 Å². The topological polar surface area (TPSA) is 56.5 Å². The van der Waals surface area contributed by atoms with Gasteiger partial charge in [0.05, 0.1) is 0 Å². The lowest BCUT2D eigenvalue weighted by Gasteiger charge is -2.06. The van der Waals surface area contributed by atoms with E-state index in [-0.39, 0.29) is 11.2 Å². The van der Waals surface area contributed by atoms with Crippen LogP contribution < -0.4 is 0 Å². The van der Waals surface area contributed by atoms with Gasteiger partial charge in [0.25, 0.3) is 0 Å². The highest BCUT2D eigenvalue weighted by Crippen LogP contribution is 2.12. The Labute approximate surface area is 92.2 Å². The van der Waals surface area contributed by atoms with Crippen molar-refractivity contribution in [1.82, 2.24) is 24.5 Å². The molecule has 0 aromatic carbocycles. The third-order valence-corrected chi connectivity index (χ3v) is 2.03. The highest BCUT2D eigenvalue weighted by atomic mass is 35.5. The first-order chi connectivity index (χ1) is 7.16. The van der Waals surface area contributed by atoms with E-state index in [1.807, 2.05) is 13.8 Å². The predicted molar refractivity (Wildman–Crippen MR) is 56.0 cm³/mol. The molecule has 0 amide bonds. The molecule has 0 spiro atoms. The minimum Gasteiger partial charge on any atom is -0.274 e. The Bertz CT molecular complexity index is 452. The first kappa shape index (κ1) is 10.0. The molecule has 0 unspecified atom stereocenters. The fourth-order valence-electron chi connectivity index (χ4n) is 1.11. The molecule has 0 radical (unpaired) electrons. The number of halogens is 1. The van der Waals surface area contributed by atoms with Crippen LogP contribution >= 0.6 is 11.6 Å². The molecule has 0 bridgehead atoms. The van der Waals surface area contributed by atoms with Crippen molar-refractivity contribution in [3.63, 3.8) is 0 Å². The van der Waals surface area contributed by atoms with Crippen molar-refractivity contribution in [3.05, 3.63) is 29.8 Å². The molecule has 2 rings (SSSR count). The lowest BCUT2D eigenvalue weighted by molar-refractivity contribution is 0.740. The van der Waals surface area contributed by atoms with Gasteiger partial charge in [-0.1, -0.05) is 13.8 Å². The van der Waals surface area contributed by atoms with E-state index in [9.17, 15) is 0 Å². The van der Waals surface area contributed by atoms with Gasteiger partial charge in [-0.25, -0.2) is 9.97 Å². The molecule has 0 aliphatic carbocycles. The summed E-state index contributed by atoms with van der Waals surface area (Å²) in [6.45, 7) is 4.01. The van der Waals surface area contributed by atoms with Gasteiger partial charge in [-0.15, -0.1) is 0 Å². The molecule has 0 saturated heterocycles. The number of hydrogen-bond acceptors (Lipinski definition) is 4. The third-order valence-electron chi connectivity index (χ3n) is 1.87. The normalized spacial score (nSPS) is 10.9. The summed E-state index contributed by atoms with van der Waals surface area (Å²) < 4.78 is 1.69. The molecule has 2 heterocycles. The van der Waals surface area contributed by atoms with Crippen LogP contribution in [0.25, 0.3) is 5.95 Å². The van der Waals surface area contributed by atoms with E-state index in [0.29, 0.717) is 11.8 Å². The van der Waals surface area contributed by atoms with Crippen molar-refractivity contribution in [3.8, 4) is 5.95 Å². The maximum atomic E-state index is 5.82. The van der Waals surface area contributed by atoms with Crippen LogP contribution in [0.15, 0.2) is 18.7 Å². The molecular formula is C9H10ClN5. The average molecular weight is 224 g/mol. The summed E-state index contributed by atoms with van der Waals surface area (Å²) in [4.78, 5) is 16.3. The molecule has 0 atom stereocenters. The average Bonchev–Trinajstić information content (AvgIpc) is 2.69. The molecular weight excluding hydrogens is 214 g/mol. The van der Waals surface area contributed by atoms with Gasteiger partial charge in [0.2, 0.25) is 11.2 Å². The van der Waals surface area contributed by atoms with Crippen molar-refractivity contribution in [1.29, 1.82) is 0 Å². The Balaban J connectivity index is 2.49. The molecule has 15 heavy (non-hydrogen) atoms. The van der Waals surface area contributed by atoms with Gasteiger partial charge in [-0.05, 0) is 11.6 Å². The van der Waals surface area contributed by atoms with E-state index in [1.165, 1.54) is 0 Å². The monoisotopic (exact) mass is 223 g/mol. The SMILES string of the molecule is CC(C)c1nc(Cl)nc(-n2ccnc2)n1. The summed E-state index contributed by atoms with van der Waals surface area (Å²) in [5.41, 5.74) is 0. The van der Waals surface area contributed by atoms with Gasteiger partial charge in [0.1, 0.15) is 12.2 Å². The van der Waals surface area contributed by atoms with E-state index in [0.717, 1.165) is 0 Å². The zero-order valence-electron chi connectivity index (χ0n) is 8.42. The van der Waals surface area contributed by atoms with Gasteiger partial charge in [0.15, 0.2) is 0 Å². The van der Waals surface area contributed by atoms with Crippen molar-refractivity contribution in [2.45, 2.75) is 19.8 Å². The zero-order valence-corrected chi connectivity index (χ0v) is 9.18. The Morgan fingerprint density at radius 1 is 1.27 bits per heavy atom. The fraction of sp³-hybridized carbons (Fsp3) is 0.333. The molecule has 0 N–H and O–H groups in total. The first-order valence-corrected chi connectivity index (χ1v) is 4.94. The largest absolute Gasteiger partial charge is 0.274 e. The molecule has 78 valence electrons. The summed E-state index contributed by atoms with van der Waals surface area (Å²) >= 11 is 5.82. The van der Waals surface area contributed by atoms with Gasteiger partial charge < -0.3 is 0 Å². The van der Waals surface area contributed by atoms with E-state index in [4.69, 9.17) is 11.6 Å². The highest BCUT2D eigenvalue weighted by molar-refractivity contribution is 6.28. The second-order valence-corrected chi connectivity index (χ2v) is 3.73. The van der Waals surface area contributed by atoms with Gasteiger partial charge in [0, 0.05) is 18.3 Å². The van der Waals surface area contributed by atoms with Crippen LogP contribution in [0.4, 0.5) is 0 Å². The third kappa shape index (κ3) is 2.12. The Kier molecular flexibility index (Phi) is 2.64. The Hall–Kier alpha value is -1.49. The summed E-state index contributed by atoms with van der Waals surface area (Å²) in [5.74, 6) is 1.39. The molecule has 0 fully saturated rings. The van der Waals surface area contributed by atoms with Crippen LogP contribution in [-0.2, 0) is 0 Å². The second kappa shape index (κ2) is 3.94. The number of aromatic nitrogens is 5. The quantitative estimate of drug-likeness (QED) is 0.780. The molecule has 2 aromatic heterocycles. The summed E-state index contributed by atoms with van der Waals surface area (Å²) in [6, 6.07) is 0. The standard InChI is InChI=1S/C9H10ClN5/c1-6(2)7-12-8(10)14-9(13-7)15-4-3-11-5-15/h3-6H,1-2H3. The van der Waals surface area contributed by atoms with Crippen molar-refractivity contribution >= 4 is 11.6 Å². The van der Waals surface area contributed by atoms with E-state index < -0.39 is 0 Å². The van der Waals surface area contributed by atoms with Crippen LogP contribution in [0.3, 0.4) is 0 Å². The molecule has 0 aliphatic heterocycles. The lowest BCUT2D eigenvalue weighted by atomic mass is 10.2. The van der Waals surface area contributed by atoms with Gasteiger partial charge in [-0.2, -0.15) is 9.97 Å². The van der Waals surface area contributed by atoms with Crippen molar-refractivity contribution < 1.29 is 0 Å². The zero-order chi connectivity index (χ0) is 10.8. The van der Waals surface area contributed by atoms with E-state index >= 15 is 0 Å². The smallest absolute Gasteiger partial charge is 0.239 e. The van der Waals surface area contributed by atoms with Crippen molar-refractivity contribution in [2.75, 3.05) is 0 Å². The molecule has 2 aromatic rings. The molecule has 5 nitrogen and oxygen atoms in total. The predicted octanol–water partition coefficient (Wildman–Crippen LogP) is 1.83. The summed E-state index contributed by atoms with van der Waals surface area (Å²) in [7, 11) is 0. The van der Waals surface area contributed by atoms with Crippen LogP contribution in [0.2, 0.25) is 5.28 Å².